The molecule has 0 aliphatic carbocycles. The molecule has 1 aromatic rings. The van der Waals surface area contributed by atoms with Gasteiger partial charge in [0.15, 0.2) is 0 Å². The Labute approximate surface area is 115 Å². The van der Waals surface area contributed by atoms with Crippen molar-refractivity contribution in [1.82, 2.24) is 4.90 Å². The van der Waals surface area contributed by atoms with Gasteiger partial charge < -0.3 is 0 Å². The number of imide groups is 1. The summed E-state index contributed by atoms with van der Waals surface area (Å²) in [6, 6.07) is 6.90. The van der Waals surface area contributed by atoms with Crippen LogP contribution in [0.2, 0.25) is 0 Å². The summed E-state index contributed by atoms with van der Waals surface area (Å²) < 4.78 is 0.874. The predicted molar refractivity (Wildman–Crippen MR) is 73.5 cm³/mol. The van der Waals surface area contributed by atoms with E-state index in [1.807, 2.05) is 0 Å². The Morgan fingerprint density at radius 2 is 1.78 bits per heavy atom. The summed E-state index contributed by atoms with van der Waals surface area (Å²) in [5.41, 5.74) is 0.962. The molecule has 0 bridgehead atoms. The Morgan fingerprint density at radius 1 is 1.22 bits per heavy atom. The van der Waals surface area contributed by atoms with Crippen LogP contribution in [0.1, 0.15) is 46.9 Å². The maximum Gasteiger partial charge on any atom is 0.265 e. The quantitative estimate of drug-likeness (QED) is 0.795. The van der Waals surface area contributed by atoms with Crippen molar-refractivity contribution in [2.24, 2.45) is 0 Å². The largest absolute Gasteiger partial charge is 0.268 e. The van der Waals surface area contributed by atoms with E-state index in [-0.39, 0.29) is 11.8 Å². The van der Waals surface area contributed by atoms with E-state index in [0.717, 1.165) is 23.7 Å². The van der Waals surface area contributed by atoms with E-state index < -0.39 is 0 Å². The predicted octanol–water partition coefficient (Wildman–Crippen LogP) is 3.71. The van der Waals surface area contributed by atoms with Gasteiger partial charge in [-0.25, -0.2) is 4.90 Å². The fourth-order valence-electron chi connectivity index (χ4n) is 1.88. The molecule has 0 fully saturated rings. The number of carbonyl (C=O) groups excluding carboxylic acids is 2. The third-order valence-electron chi connectivity index (χ3n) is 2.86. The Bertz CT molecular complexity index is 487. The van der Waals surface area contributed by atoms with Gasteiger partial charge in [-0.15, -0.1) is 0 Å². The van der Waals surface area contributed by atoms with Gasteiger partial charge >= 0.3 is 0 Å². The Kier molecular flexibility index (Phi) is 3.97. The molecule has 0 spiro atoms. The van der Waals surface area contributed by atoms with E-state index >= 15 is 0 Å². The van der Waals surface area contributed by atoms with E-state index in [9.17, 15) is 9.59 Å². The molecule has 0 radical (unpaired) electrons. The number of unbranched alkanes of at least 4 members (excludes halogenated alkanes) is 1. The molecule has 3 nitrogen and oxygen atoms in total. The molecule has 2 amide bonds. The van der Waals surface area contributed by atoms with Crippen molar-refractivity contribution in [3.63, 3.8) is 0 Å². The number of rotatable bonds is 4. The van der Waals surface area contributed by atoms with Crippen molar-refractivity contribution in [2.45, 2.75) is 26.2 Å². The van der Waals surface area contributed by atoms with Gasteiger partial charge in [0.2, 0.25) is 0 Å². The number of hydrogen-bond acceptors (Lipinski definition) is 2. The van der Waals surface area contributed by atoms with Crippen LogP contribution >= 0.6 is 15.9 Å². The zero-order chi connectivity index (χ0) is 13.1. The van der Waals surface area contributed by atoms with Crippen LogP contribution in [0.5, 0.6) is 0 Å². The Hall–Kier alpha value is -1.42. The van der Waals surface area contributed by atoms with E-state index in [0.29, 0.717) is 11.1 Å². The van der Waals surface area contributed by atoms with Crippen LogP contribution in [0.3, 0.4) is 0 Å². The number of allylic oxidation sites excluding steroid dienone is 1. The van der Waals surface area contributed by atoms with Crippen LogP contribution in [0, 0.1) is 0 Å². The van der Waals surface area contributed by atoms with Crippen molar-refractivity contribution < 1.29 is 9.59 Å². The van der Waals surface area contributed by atoms with Crippen LogP contribution < -0.4 is 0 Å². The monoisotopic (exact) mass is 307 g/mol. The lowest BCUT2D eigenvalue weighted by Gasteiger charge is -2.08. The van der Waals surface area contributed by atoms with Gasteiger partial charge in [-0.2, -0.15) is 0 Å². The second-order valence-electron chi connectivity index (χ2n) is 4.21. The zero-order valence-corrected chi connectivity index (χ0v) is 11.7. The molecule has 1 heterocycles. The molecule has 18 heavy (non-hydrogen) atoms. The number of amides is 2. The molecule has 0 aromatic heterocycles. The molecule has 0 unspecified atom stereocenters. The topological polar surface area (TPSA) is 37.4 Å². The minimum atomic E-state index is -0.246. The number of carbonyl (C=O) groups is 2. The number of halogens is 1. The molecule has 1 aliphatic rings. The number of benzene rings is 1. The van der Waals surface area contributed by atoms with Crippen molar-refractivity contribution in [1.29, 1.82) is 0 Å². The lowest BCUT2D eigenvalue weighted by Crippen LogP contribution is -2.23. The highest BCUT2D eigenvalue weighted by Gasteiger charge is 2.33. The van der Waals surface area contributed by atoms with Crippen molar-refractivity contribution in [3.05, 3.63) is 46.1 Å². The van der Waals surface area contributed by atoms with Crippen molar-refractivity contribution >= 4 is 27.7 Å². The standard InChI is InChI=1S/C14H14BrNO2/c1-2-3-6-10(15)9-16-13(17)11-7-4-5-8-12(11)14(16)18/h4-5,7-9H,2-3,6H2,1H3/b10-9+. The first-order chi connectivity index (χ1) is 8.65. The fraction of sp³-hybridized carbons (Fsp3) is 0.286. The summed E-state index contributed by atoms with van der Waals surface area (Å²) in [5.74, 6) is -0.493. The molecule has 0 saturated heterocycles. The smallest absolute Gasteiger partial charge is 0.265 e. The highest BCUT2D eigenvalue weighted by molar-refractivity contribution is 9.11. The molecular weight excluding hydrogens is 294 g/mol. The van der Waals surface area contributed by atoms with Gasteiger partial charge in [-0.3, -0.25) is 9.59 Å². The maximum atomic E-state index is 12.1. The molecule has 0 atom stereocenters. The van der Waals surface area contributed by atoms with E-state index in [2.05, 4.69) is 22.9 Å². The molecule has 0 N–H and O–H groups in total. The summed E-state index contributed by atoms with van der Waals surface area (Å²) in [6.45, 7) is 2.10. The van der Waals surface area contributed by atoms with Crippen LogP contribution in [0.15, 0.2) is 34.9 Å². The van der Waals surface area contributed by atoms with Gasteiger partial charge in [0.1, 0.15) is 0 Å². The van der Waals surface area contributed by atoms with Crippen LogP contribution in [0.25, 0.3) is 0 Å². The lowest BCUT2D eigenvalue weighted by atomic mass is 10.1. The normalized spacial score (nSPS) is 15.2. The highest BCUT2D eigenvalue weighted by atomic mass is 79.9. The van der Waals surface area contributed by atoms with E-state index in [1.54, 1.807) is 30.5 Å². The van der Waals surface area contributed by atoms with Crippen molar-refractivity contribution in [2.75, 3.05) is 0 Å². The number of fused-ring (bicyclic) bond motifs is 1. The van der Waals surface area contributed by atoms with Gasteiger partial charge in [0.05, 0.1) is 11.1 Å². The Balaban J connectivity index is 2.23. The van der Waals surface area contributed by atoms with Gasteiger partial charge in [0, 0.05) is 10.7 Å². The minimum Gasteiger partial charge on any atom is -0.268 e. The van der Waals surface area contributed by atoms with Crippen LogP contribution in [-0.4, -0.2) is 16.7 Å². The van der Waals surface area contributed by atoms with Gasteiger partial charge in [-0.05, 0) is 25.0 Å². The SMILES string of the molecule is CCCC/C(Br)=C\N1C(=O)c2ccccc2C1=O. The number of hydrogen-bond donors (Lipinski definition) is 0. The fourth-order valence-corrected chi connectivity index (χ4v) is 2.36. The molecule has 0 saturated carbocycles. The zero-order valence-electron chi connectivity index (χ0n) is 10.1. The summed E-state index contributed by atoms with van der Waals surface area (Å²) in [4.78, 5) is 25.3. The van der Waals surface area contributed by atoms with Crippen LogP contribution in [-0.2, 0) is 0 Å². The lowest BCUT2D eigenvalue weighted by molar-refractivity contribution is 0.0721. The summed E-state index contributed by atoms with van der Waals surface area (Å²) in [5, 5.41) is 0. The average molecular weight is 308 g/mol. The molecule has 1 aliphatic heterocycles. The van der Waals surface area contributed by atoms with Crippen molar-refractivity contribution in [3.8, 4) is 0 Å². The molecule has 4 heteroatoms. The van der Waals surface area contributed by atoms with Crippen LogP contribution in [0.4, 0.5) is 0 Å². The first-order valence-corrected chi connectivity index (χ1v) is 6.77. The van der Waals surface area contributed by atoms with Gasteiger partial charge in [0.25, 0.3) is 11.8 Å². The summed E-state index contributed by atoms with van der Waals surface area (Å²) in [6.07, 6.45) is 4.54. The molecule has 94 valence electrons. The highest BCUT2D eigenvalue weighted by Crippen LogP contribution is 2.25. The average Bonchev–Trinajstić information content (AvgIpc) is 2.62. The van der Waals surface area contributed by atoms with E-state index in [4.69, 9.17) is 0 Å². The molecular formula is C14H14BrNO2. The molecule has 1 aromatic carbocycles. The summed E-state index contributed by atoms with van der Waals surface area (Å²) in [7, 11) is 0. The first-order valence-electron chi connectivity index (χ1n) is 5.98. The second kappa shape index (κ2) is 5.48. The maximum absolute atomic E-state index is 12.1. The third-order valence-corrected chi connectivity index (χ3v) is 3.47. The molecule has 2 rings (SSSR count). The van der Waals surface area contributed by atoms with Gasteiger partial charge in [-0.1, -0.05) is 41.4 Å². The van der Waals surface area contributed by atoms with E-state index in [1.165, 1.54) is 4.90 Å². The second-order valence-corrected chi connectivity index (χ2v) is 5.22. The third kappa shape index (κ3) is 2.38. The Morgan fingerprint density at radius 3 is 2.28 bits per heavy atom. The number of nitrogens with zero attached hydrogens (tertiary/aromatic N) is 1. The minimum absolute atomic E-state index is 0.246. The first kappa shape index (κ1) is 13.0. The summed E-state index contributed by atoms with van der Waals surface area (Å²) >= 11 is 3.40.